The van der Waals surface area contributed by atoms with Crippen LogP contribution >= 0.6 is 0 Å². The second-order valence-corrected chi connectivity index (χ2v) is 4.97. The van der Waals surface area contributed by atoms with Crippen LogP contribution in [0.5, 0.6) is 0 Å². The van der Waals surface area contributed by atoms with Gasteiger partial charge in [0.05, 0.1) is 0 Å². The van der Waals surface area contributed by atoms with Crippen LogP contribution in [0.15, 0.2) is 42.5 Å². The minimum atomic E-state index is -0.542. The van der Waals surface area contributed by atoms with Gasteiger partial charge in [-0.1, -0.05) is 24.3 Å². The van der Waals surface area contributed by atoms with Crippen molar-refractivity contribution in [3.05, 3.63) is 59.7 Å². The second kappa shape index (κ2) is 5.10. The average molecular weight is 259 g/mol. The fourth-order valence-corrected chi connectivity index (χ4v) is 2.21. The van der Waals surface area contributed by atoms with Gasteiger partial charge in [-0.2, -0.15) is 0 Å². The molecular weight excluding hydrogens is 244 g/mol. The van der Waals surface area contributed by atoms with Gasteiger partial charge in [0.25, 0.3) is 0 Å². The standard InChI is InChI=1S/C16H15F2N/c17-13-7-12(8-14(18)9-13)16-4-2-1-3-11(16)10-19-15-5-6-15/h1-4,7-9,15,19H,5-6,10H2. The third-order valence-corrected chi connectivity index (χ3v) is 3.35. The van der Waals surface area contributed by atoms with Crippen molar-refractivity contribution in [3.8, 4) is 11.1 Å². The molecule has 1 saturated carbocycles. The van der Waals surface area contributed by atoms with Crippen molar-refractivity contribution < 1.29 is 8.78 Å². The van der Waals surface area contributed by atoms with Crippen molar-refractivity contribution in [2.75, 3.05) is 0 Å². The molecule has 1 aliphatic rings. The first kappa shape index (κ1) is 12.3. The summed E-state index contributed by atoms with van der Waals surface area (Å²) < 4.78 is 26.6. The molecule has 0 atom stereocenters. The molecule has 0 amide bonds. The van der Waals surface area contributed by atoms with E-state index < -0.39 is 11.6 Å². The lowest BCUT2D eigenvalue weighted by Gasteiger charge is -2.11. The number of nitrogens with one attached hydrogen (secondary N) is 1. The molecule has 19 heavy (non-hydrogen) atoms. The first-order valence-electron chi connectivity index (χ1n) is 6.50. The summed E-state index contributed by atoms with van der Waals surface area (Å²) in [6, 6.07) is 12.0. The normalized spacial score (nSPS) is 14.6. The molecular formula is C16H15F2N. The molecule has 3 heteroatoms. The highest BCUT2D eigenvalue weighted by molar-refractivity contribution is 5.67. The van der Waals surface area contributed by atoms with Gasteiger partial charge in [0.15, 0.2) is 0 Å². The van der Waals surface area contributed by atoms with Crippen LogP contribution in [0.25, 0.3) is 11.1 Å². The molecule has 0 heterocycles. The van der Waals surface area contributed by atoms with Gasteiger partial charge in [-0.15, -0.1) is 0 Å². The highest BCUT2D eigenvalue weighted by atomic mass is 19.1. The van der Waals surface area contributed by atoms with Gasteiger partial charge < -0.3 is 5.32 Å². The Balaban J connectivity index is 1.93. The molecule has 0 aliphatic heterocycles. The Morgan fingerprint density at radius 1 is 1.00 bits per heavy atom. The van der Waals surface area contributed by atoms with Crippen LogP contribution in [0.1, 0.15) is 18.4 Å². The Morgan fingerprint density at radius 3 is 2.37 bits per heavy atom. The molecule has 1 fully saturated rings. The van der Waals surface area contributed by atoms with E-state index in [2.05, 4.69) is 5.32 Å². The van der Waals surface area contributed by atoms with Crippen molar-refractivity contribution in [2.45, 2.75) is 25.4 Å². The molecule has 0 unspecified atom stereocenters. The third-order valence-electron chi connectivity index (χ3n) is 3.35. The molecule has 1 N–H and O–H groups in total. The summed E-state index contributed by atoms with van der Waals surface area (Å²) >= 11 is 0. The van der Waals surface area contributed by atoms with Crippen molar-refractivity contribution >= 4 is 0 Å². The van der Waals surface area contributed by atoms with E-state index in [1.165, 1.54) is 25.0 Å². The highest BCUT2D eigenvalue weighted by Crippen LogP contribution is 2.26. The second-order valence-electron chi connectivity index (χ2n) is 4.97. The quantitative estimate of drug-likeness (QED) is 0.878. The molecule has 98 valence electrons. The van der Waals surface area contributed by atoms with Crippen LogP contribution in [0.3, 0.4) is 0 Å². The first-order chi connectivity index (χ1) is 9.22. The maximum absolute atomic E-state index is 13.3. The van der Waals surface area contributed by atoms with Gasteiger partial charge in [-0.3, -0.25) is 0 Å². The van der Waals surface area contributed by atoms with Gasteiger partial charge in [0, 0.05) is 18.7 Å². The van der Waals surface area contributed by atoms with Gasteiger partial charge in [0.2, 0.25) is 0 Å². The smallest absolute Gasteiger partial charge is 0.126 e. The summed E-state index contributed by atoms with van der Waals surface area (Å²) in [7, 11) is 0. The summed E-state index contributed by atoms with van der Waals surface area (Å²) in [6.45, 7) is 0.735. The molecule has 0 spiro atoms. The summed E-state index contributed by atoms with van der Waals surface area (Å²) in [4.78, 5) is 0. The number of rotatable bonds is 4. The Morgan fingerprint density at radius 2 is 1.68 bits per heavy atom. The maximum Gasteiger partial charge on any atom is 0.126 e. The number of hydrogen-bond donors (Lipinski definition) is 1. The van der Waals surface area contributed by atoms with Crippen molar-refractivity contribution in [1.29, 1.82) is 0 Å². The van der Waals surface area contributed by atoms with Crippen LogP contribution in [0.4, 0.5) is 8.78 Å². The number of benzene rings is 2. The molecule has 0 bridgehead atoms. The summed E-state index contributed by atoms with van der Waals surface area (Å²) in [5.41, 5.74) is 2.54. The highest BCUT2D eigenvalue weighted by Gasteiger charge is 2.20. The molecule has 0 saturated heterocycles. The van der Waals surface area contributed by atoms with Crippen LogP contribution in [0, 0.1) is 11.6 Å². The van der Waals surface area contributed by atoms with Crippen molar-refractivity contribution in [1.82, 2.24) is 5.32 Å². The zero-order chi connectivity index (χ0) is 13.2. The Bertz CT molecular complexity index is 571. The van der Waals surface area contributed by atoms with E-state index >= 15 is 0 Å². The lowest BCUT2D eigenvalue weighted by atomic mass is 9.99. The van der Waals surface area contributed by atoms with Crippen LogP contribution in [-0.4, -0.2) is 6.04 Å². The van der Waals surface area contributed by atoms with E-state index in [0.717, 1.165) is 23.7 Å². The van der Waals surface area contributed by atoms with E-state index in [4.69, 9.17) is 0 Å². The number of halogens is 2. The molecule has 1 aliphatic carbocycles. The minimum Gasteiger partial charge on any atom is -0.310 e. The van der Waals surface area contributed by atoms with E-state index in [9.17, 15) is 8.78 Å². The lowest BCUT2D eigenvalue weighted by molar-refractivity contribution is 0.584. The van der Waals surface area contributed by atoms with E-state index in [1.54, 1.807) is 0 Å². The van der Waals surface area contributed by atoms with Gasteiger partial charge in [0.1, 0.15) is 11.6 Å². The summed E-state index contributed by atoms with van der Waals surface area (Å²) in [6.07, 6.45) is 2.44. The predicted molar refractivity (Wildman–Crippen MR) is 71.7 cm³/mol. The molecule has 2 aromatic rings. The van der Waals surface area contributed by atoms with Gasteiger partial charge in [-0.05, 0) is 41.7 Å². The fourth-order valence-electron chi connectivity index (χ4n) is 2.21. The Hall–Kier alpha value is -1.74. The lowest BCUT2D eigenvalue weighted by Crippen LogP contribution is -2.15. The van der Waals surface area contributed by atoms with Gasteiger partial charge >= 0.3 is 0 Å². The molecule has 0 aromatic heterocycles. The van der Waals surface area contributed by atoms with Crippen LogP contribution < -0.4 is 5.32 Å². The summed E-state index contributed by atoms with van der Waals surface area (Å²) in [5, 5.41) is 3.42. The summed E-state index contributed by atoms with van der Waals surface area (Å²) in [5.74, 6) is -1.08. The van der Waals surface area contributed by atoms with Gasteiger partial charge in [-0.25, -0.2) is 8.78 Å². The topological polar surface area (TPSA) is 12.0 Å². The Labute approximate surface area is 111 Å². The van der Waals surface area contributed by atoms with E-state index in [1.807, 2.05) is 24.3 Å². The molecule has 3 rings (SSSR count). The zero-order valence-corrected chi connectivity index (χ0v) is 10.5. The SMILES string of the molecule is Fc1cc(F)cc(-c2ccccc2CNC2CC2)c1. The monoisotopic (exact) mass is 259 g/mol. The fraction of sp³-hybridized carbons (Fsp3) is 0.250. The zero-order valence-electron chi connectivity index (χ0n) is 10.5. The number of hydrogen-bond acceptors (Lipinski definition) is 1. The third kappa shape index (κ3) is 2.99. The molecule has 1 nitrogen and oxygen atoms in total. The average Bonchev–Trinajstić information content (AvgIpc) is 3.19. The molecule has 0 radical (unpaired) electrons. The van der Waals surface area contributed by atoms with E-state index in [-0.39, 0.29) is 0 Å². The van der Waals surface area contributed by atoms with Crippen LogP contribution in [0.2, 0.25) is 0 Å². The largest absolute Gasteiger partial charge is 0.310 e. The van der Waals surface area contributed by atoms with Crippen molar-refractivity contribution in [3.63, 3.8) is 0 Å². The minimum absolute atomic E-state index is 0.542. The predicted octanol–water partition coefficient (Wildman–Crippen LogP) is 3.88. The van der Waals surface area contributed by atoms with Crippen molar-refractivity contribution in [2.24, 2.45) is 0 Å². The van der Waals surface area contributed by atoms with E-state index in [0.29, 0.717) is 11.6 Å². The molecule has 2 aromatic carbocycles. The maximum atomic E-state index is 13.3. The first-order valence-corrected chi connectivity index (χ1v) is 6.50. The Kier molecular flexibility index (Phi) is 3.30. The van der Waals surface area contributed by atoms with Crippen LogP contribution in [-0.2, 0) is 6.54 Å².